The van der Waals surface area contributed by atoms with Crippen LogP contribution in [-0.2, 0) is 10.0 Å². The number of ether oxygens (including phenoxy) is 1. The average Bonchev–Trinajstić information content (AvgIpc) is 2.30. The number of benzene rings is 1. The second-order valence-corrected chi connectivity index (χ2v) is 6.62. The van der Waals surface area contributed by atoms with E-state index in [1.165, 1.54) is 19.2 Å². The molecule has 0 spiro atoms. The largest absolute Gasteiger partial charge is 0.495 e. The van der Waals surface area contributed by atoms with Crippen molar-refractivity contribution in [2.24, 2.45) is 5.73 Å². The summed E-state index contributed by atoms with van der Waals surface area (Å²) in [6, 6.07) is 2.47. The van der Waals surface area contributed by atoms with Crippen LogP contribution in [0.4, 0.5) is 0 Å². The number of nitrogens with two attached hydrogens (primary N) is 1. The Labute approximate surface area is 132 Å². The van der Waals surface area contributed by atoms with Crippen LogP contribution < -0.4 is 15.2 Å². The van der Waals surface area contributed by atoms with Crippen LogP contribution in [0.3, 0.4) is 0 Å². The van der Waals surface area contributed by atoms with Gasteiger partial charge in [-0.3, -0.25) is 0 Å². The van der Waals surface area contributed by atoms with Gasteiger partial charge in [-0.25, -0.2) is 13.1 Å². The Kier molecular flexibility index (Phi) is 7.64. The number of methoxy groups -OCH3 is 1. The van der Waals surface area contributed by atoms with Crippen molar-refractivity contribution in [1.82, 2.24) is 4.72 Å². The second-order valence-electron chi connectivity index (χ2n) is 3.68. The molecule has 0 heterocycles. The van der Waals surface area contributed by atoms with Crippen molar-refractivity contribution in [2.75, 3.05) is 13.7 Å². The number of halogens is 3. The Morgan fingerprint density at radius 2 is 2.11 bits per heavy atom. The first kappa shape index (κ1) is 18.9. The molecule has 0 bridgehead atoms. The number of sulfonamides is 1. The lowest BCUT2D eigenvalue weighted by atomic mass is 10.3. The van der Waals surface area contributed by atoms with Gasteiger partial charge in [-0.05, 0) is 35.0 Å². The SMILES string of the molecule is COc1cc(Br)c(S(=O)(=O)N[C@@H](C)CN)cc1Cl.Cl. The molecule has 1 aromatic rings. The molecule has 0 unspecified atom stereocenters. The summed E-state index contributed by atoms with van der Waals surface area (Å²) in [6.45, 7) is 1.89. The van der Waals surface area contributed by atoms with Crippen molar-refractivity contribution in [3.8, 4) is 5.75 Å². The molecule has 0 aliphatic rings. The topological polar surface area (TPSA) is 81.4 Å². The maximum absolute atomic E-state index is 12.1. The smallest absolute Gasteiger partial charge is 0.242 e. The van der Waals surface area contributed by atoms with Crippen LogP contribution in [0.5, 0.6) is 5.75 Å². The third kappa shape index (κ3) is 4.77. The van der Waals surface area contributed by atoms with E-state index in [4.69, 9.17) is 22.1 Å². The highest BCUT2D eigenvalue weighted by atomic mass is 79.9. The van der Waals surface area contributed by atoms with Gasteiger partial charge >= 0.3 is 0 Å². The van der Waals surface area contributed by atoms with Crippen molar-refractivity contribution >= 4 is 50.0 Å². The Balaban J connectivity index is 0.00000324. The number of hydrogen-bond acceptors (Lipinski definition) is 4. The van der Waals surface area contributed by atoms with E-state index in [0.29, 0.717) is 10.2 Å². The van der Waals surface area contributed by atoms with Crippen LogP contribution in [0.15, 0.2) is 21.5 Å². The molecule has 1 rings (SSSR count). The van der Waals surface area contributed by atoms with Crippen LogP contribution in [0.25, 0.3) is 0 Å². The van der Waals surface area contributed by atoms with E-state index in [-0.39, 0.29) is 34.9 Å². The van der Waals surface area contributed by atoms with Gasteiger partial charge in [-0.15, -0.1) is 12.4 Å². The van der Waals surface area contributed by atoms with Gasteiger partial charge in [0.05, 0.1) is 17.0 Å². The molecule has 0 aromatic heterocycles. The predicted octanol–water partition coefficient (Wildman–Crippen LogP) is 2.16. The lowest BCUT2D eigenvalue weighted by Gasteiger charge is -2.14. The van der Waals surface area contributed by atoms with Gasteiger partial charge in [0.15, 0.2) is 0 Å². The zero-order chi connectivity index (χ0) is 13.9. The van der Waals surface area contributed by atoms with Crippen LogP contribution in [-0.4, -0.2) is 28.1 Å². The monoisotopic (exact) mass is 392 g/mol. The molecule has 110 valence electrons. The molecular formula is C10H15BrCl2N2O3S. The molecule has 1 aromatic carbocycles. The third-order valence-electron chi connectivity index (χ3n) is 2.21. The highest BCUT2D eigenvalue weighted by Crippen LogP contribution is 2.33. The first-order chi connectivity index (χ1) is 8.31. The summed E-state index contributed by atoms with van der Waals surface area (Å²) in [5.74, 6) is 0.398. The van der Waals surface area contributed by atoms with E-state index in [1.807, 2.05) is 0 Å². The zero-order valence-electron chi connectivity index (χ0n) is 10.3. The van der Waals surface area contributed by atoms with Crippen molar-refractivity contribution in [1.29, 1.82) is 0 Å². The number of hydrogen-bond donors (Lipinski definition) is 2. The van der Waals surface area contributed by atoms with Gasteiger partial charge < -0.3 is 10.5 Å². The van der Waals surface area contributed by atoms with Gasteiger partial charge in [0.25, 0.3) is 0 Å². The normalized spacial score (nSPS) is 12.7. The highest BCUT2D eigenvalue weighted by Gasteiger charge is 2.21. The standard InChI is InChI=1S/C10H14BrClN2O3S.ClH/c1-6(5-13)14-18(15,16)10-4-8(12)9(17-2)3-7(10)11;/h3-4,6,14H,5,13H2,1-2H3;1H/t6-;/m0./s1. The van der Waals surface area contributed by atoms with Gasteiger partial charge in [-0.1, -0.05) is 11.6 Å². The van der Waals surface area contributed by atoms with Crippen molar-refractivity contribution in [2.45, 2.75) is 17.9 Å². The Bertz CT molecular complexity index is 540. The summed E-state index contributed by atoms with van der Waals surface area (Å²) < 4.78 is 32.0. The van der Waals surface area contributed by atoms with Gasteiger partial charge in [0.1, 0.15) is 5.75 Å². The fourth-order valence-corrected chi connectivity index (χ4v) is 3.86. The minimum absolute atomic E-state index is 0. The number of rotatable bonds is 5. The zero-order valence-corrected chi connectivity index (χ0v) is 14.3. The Morgan fingerprint density at radius 3 is 2.58 bits per heavy atom. The fraction of sp³-hybridized carbons (Fsp3) is 0.400. The van der Waals surface area contributed by atoms with Crippen LogP contribution in [0.2, 0.25) is 5.02 Å². The summed E-state index contributed by atoms with van der Waals surface area (Å²) in [5.41, 5.74) is 5.39. The first-order valence-electron chi connectivity index (χ1n) is 5.07. The summed E-state index contributed by atoms with van der Waals surface area (Å²) in [6.07, 6.45) is 0. The molecule has 1 atom stereocenters. The van der Waals surface area contributed by atoms with E-state index in [9.17, 15) is 8.42 Å². The molecule has 19 heavy (non-hydrogen) atoms. The second kappa shape index (κ2) is 7.66. The average molecular weight is 394 g/mol. The van der Waals surface area contributed by atoms with Crippen molar-refractivity contribution < 1.29 is 13.2 Å². The highest BCUT2D eigenvalue weighted by molar-refractivity contribution is 9.10. The molecule has 0 saturated carbocycles. The molecule has 5 nitrogen and oxygen atoms in total. The van der Waals surface area contributed by atoms with Crippen molar-refractivity contribution in [3.63, 3.8) is 0 Å². The number of nitrogens with one attached hydrogen (secondary N) is 1. The molecule has 0 fully saturated rings. The lowest BCUT2D eigenvalue weighted by Crippen LogP contribution is -2.37. The fourth-order valence-electron chi connectivity index (χ4n) is 1.25. The molecule has 0 aliphatic heterocycles. The molecule has 0 amide bonds. The van der Waals surface area contributed by atoms with Crippen LogP contribution in [0.1, 0.15) is 6.92 Å². The van der Waals surface area contributed by atoms with E-state index < -0.39 is 10.0 Å². The molecular weight excluding hydrogens is 379 g/mol. The molecule has 0 aliphatic carbocycles. The maximum Gasteiger partial charge on any atom is 0.242 e. The molecule has 9 heteroatoms. The van der Waals surface area contributed by atoms with E-state index >= 15 is 0 Å². The maximum atomic E-state index is 12.1. The summed E-state index contributed by atoms with van der Waals surface area (Å²) in [5, 5.41) is 0.224. The minimum Gasteiger partial charge on any atom is -0.495 e. The van der Waals surface area contributed by atoms with E-state index in [1.54, 1.807) is 6.92 Å². The van der Waals surface area contributed by atoms with Gasteiger partial charge in [0.2, 0.25) is 10.0 Å². The Morgan fingerprint density at radius 1 is 1.53 bits per heavy atom. The molecule has 0 saturated heterocycles. The third-order valence-corrected chi connectivity index (χ3v) is 5.05. The summed E-state index contributed by atoms with van der Waals surface area (Å²) >= 11 is 9.10. The van der Waals surface area contributed by atoms with Crippen LogP contribution in [0, 0.1) is 0 Å². The minimum atomic E-state index is -3.67. The predicted molar refractivity (Wildman–Crippen MR) is 81.8 cm³/mol. The first-order valence-corrected chi connectivity index (χ1v) is 7.72. The Hall–Kier alpha value is -0.0500. The van der Waals surface area contributed by atoms with Gasteiger partial charge in [0, 0.05) is 17.1 Å². The molecule has 3 N–H and O–H groups in total. The van der Waals surface area contributed by atoms with E-state index in [2.05, 4.69) is 20.7 Å². The van der Waals surface area contributed by atoms with Gasteiger partial charge in [-0.2, -0.15) is 0 Å². The quantitative estimate of drug-likeness (QED) is 0.802. The lowest BCUT2D eigenvalue weighted by molar-refractivity contribution is 0.414. The molecule has 0 radical (unpaired) electrons. The van der Waals surface area contributed by atoms with Crippen molar-refractivity contribution in [3.05, 3.63) is 21.6 Å². The van der Waals surface area contributed by atoms with Crippen LogP contribution >= 0.6 is 39.9 Å². The summed E-state index contributed by atoms with van der Waals surface area (Å²) in [4.78, 5) is 0.0496. The van der Waals surface area contributed by atoms with E-state index in [0.717, 1.165) is 0 Å². The summed E-state index contributed by atoms with van der Waals surface area (Å²) in [7, 11) is -2.21.